The Morgan fingerprint density at radius 3 is 2.02 bits per heavy atom. The van der Waals surface area contributed by atoms with Gasteiger partial charge in [-0.2, -0.15) is 0 Å². The van der Waals surface area contributed by atoms with Crippen LogP contribution < -0.4 is 0 Å². The van der Waals surface area contributed by atoms with Crippen molar-refractivity contribution in [2.75, 3.05) is 19.8 Å². The number of ether oxygens (including phenoxy) is 6. The Hall–Kier alpha value is -1.27. The number of hydrogen-bond acceptors (Lipinski definition) is 18. The van der Waals surface area contributed by atoms with Crippen LogP contribution in [-0.4, -0.2) is 175 Å². The first-order valence-corrected chi connectivity index (χ1v) is 23.4. The van der Waals surface area contributed by atoms with Crippen LogP contribution in [0.15, 0.2) is 12.2 Å². The lowest BCUT2D eigenvalue weighted by molar-refractivity contribution is -0.383. The molecular weight excluding hydrogens is 840 g/mol. The summed E-state index contributed by atoms with van der Waals surface area (Å²) in [6.07, 6.45) is -9.15. The molecule has 0 aromatic heterocycles. The van der Waals surface area contributed by atoms with Crippen LogP contribution in [0.3, 0.4) is 0 Å². The van der Waals surface area contributed by atoms with E-state index in [9.17, 15) is 56.0 Å². The maximum Gasteiger partial charge on any atom is 0.187 e. The van der Waals surface area contributed by atoms with E-state index in [1.54, 1.807) is 26.0 Å². The molecule has 22 atom stereocenters. The summed E-state index contributed by atoms with van der Waals surface area (Å²) in [5.41, 5.74) is -4.15. The van der Waals surface area contributed by atoms with Crippen LogP contribution in [0.1, 0.15) is 106 Å². The van der Waals surface area contributed by atoms with Crippen molar-refractivity contribution in [2.24, 2.45) is 45.3 Å². The highest BCUT2D eigenvalue weighted by atomic mass is 17.1. The van der Waals surface area contributed by atoms with E-state index < -0.39 is 115 Å². The number of rotatable bonds is 13. The van der Waals surface area contributed by atoms with Crippen LogP contribution in [0.4, 0.5) is 0 Å². The monoisotopic (exact) mass is 917 g/mol. The zero-order chi connectivity index (χ0) is 46.9. The Morgan fingerprint density at radius 1 is 0.703 bits per heavy atom. The van der Waals surface area contributed by atoms with Crippen molar-refractivity contribution in [3.63, 3.8) is 0 Å². The van der Waals surface area contributed by atoms with Gasteiger partial charge >= 0.3 is 0 Å². The first kappa shape index (κ1) is 50.6. The number of fused-ring (bicyclic) bond motifs is 5. The van der Waals surface area contributed by atoms with E-state index in [2.05, 4.69) is 32.6 Å². The van der Waals surface area contributed by atoms with Gasteiger partial charge in [-0.05, 0) is 118 Å². The van der Waals surface area contributed by atoms with Crippen LogP contribution >= 0.6 is 0 Å². The second-order valence-corrected chi connectivity index (χ2v) is 22.0. The molecule has 18 nitrogen and oxygen atoms in total. The number of carbonyl (C=O) groups is 1. The molecule has 0 spiro atoms. The van der Waals surface area contributed by atoms with Crippen molar-refractivity contribution < 1.29 is 89.3 Å². The molecule has 0 bridgehead atoms. The molecule has 7 aliphatic rings. The van der Waals surface area contributed by atoms with Gasteiger partial charge in [0.2, 0.25) is 0 Å². The summed E-state index contributed by atoms with van der Waals surface area (Å²) in [5, 5.41) is 107. The number of aldehydes is 1. The molecule has 0 amide bonds. The Labute approximate surface area is 375 Å². The molecular formula is C46H76O18. The molecule has 3 saturated heterocycles. The van der Waals surface area contributed by atoms with Crippen molar-refractivity contribution in [3.05, 3.63) is 12.2 Å². The standard InChI is InChI=1S/C46H76O18/c1-23-31(51)33(53)35(55)39(60-23)63-37-36(62-38-34(54)32(52)26(49)19-58-38)27(50)20-59-40(37)61-30-13-18-45(21-47)28(42(30,4)5)12-17-44(7)29(45)10-9-24-25(11-16-43(24,44)6)46(56,22-48)15-8-14-41(2,3)64-57/h8,14,21,23-40,48-57H,9-13,15-20,22H2,1-7H3. The summed E-state index contributed by atoms with van der Waals surface area (Å²) in [5.74, 6) is -0.163. The molecule has 4 saturated carbocycles. The summed E-state index contributed by atoms with van der Waals surface area (Å²) in [6.45, 7) is 12.6. The lowest BCUT2D eigenvalue weighted by atomic mass is 9.35. The van der Waals surface area contributed by atoms with Crippen LogP contribution in [0, 0.1) is 45.3 Å². The number of aliphatic hydroxyl groups is 9. The van der Waals surface area contributed by atoms with Gasteiger partial charge in [-0.1, -0.05) is 39.8 Å². The van der Waals surface area contributed by atoms with Crippen molar-refractivity contribution in [2.45, 2.75) is 203 Å². The van der Waals surface area contributed by atoms with Gasteiger partial charge in [-0.25, -0.2) is 4.89 Å². The van der Waals surface area contributed by atoms with E-state index in [0.29, 0.717) is 12.8 Å². The number of carbonyl (C=O) groups excluding carboxylic acids is 1. The quantitative estimate of drug-likeness (QED) is 0.0404. The zero-order valence-corrected chi connectivity index (χ0v) is 38.3. The zero-order valence-electron chi connectivity index (χ0n) is 38.3. The smallest absolute Gasteiger partial charge is 0.187 e. The van der Waals surface area contributed by atoms with Crippen LogP contribution in [0.25, 0.3) is 0 Å². The minimum absolute atomic E-state index is 0.0283. The molecule has 10 N–H and O–H groups in total. The summed E-state index contributed by atoms with van der Waals surface area (Å²) in [7, 11) is 0. The molecule has 4 aliphatic carbocycles. The molecule has 368 valence electrons. The molecule has 64 heavy (non-hydrogen) atoms. The maximum absolute atomic E-state index is 13.9. The fourth-order valence-electron chi connectivity index (χ4n) is 13.9. The SMILES string of the molecule is CC1OC(OC2C(OC3CCC4(C=O)C(CCC5(C)C4CCC4C(C(O)(CO)CC=CC(C)(C)OO)CCC45C)C3(C)C)OCC(O)C2OC2OCC(O)C(O)C2O)C(O)C(O)C1O. The molecule has 3 aliphatic heterocycles. The molecule has 22 unspecified atom stereocenters. The van der Waals surface area contributed by atoms with Crippen molar-refractivity contribution in [3.8, 4) is 0 Å². The molecule has 7 fully saturated rings. The van der Waals surface area contributed by atoms with Gasteiger partial charge in [0.1, 0.15) is 66.8 Å². The molecule has 0 radical (unpaired) electrons. The normalized spacial score (nSPS) is 50.6. The first-order chi connectivity index (χ1) is 29.9. The fourth-order valence-corrected chi connectivity index (χ4v) is 13.9. The average Bonchev–Trinajstić information content (AvgIpc) is 3.63. The van der Waals surface area contributed by atoms with Crippen molar-refractivity contribution >= 4 is 6.29 Å². The molecule has 7 rings (SSSR count). The first-order valence-electron chi connectivity index (χ1n) is 23.4. The summed E-state index contributed by atoms with van der Waals surface area (Å²) in [6, 6.07) is 0. The lowest BCUT2D eigenvalue weighted by Gasteiger charge is -2.69. The Morgan fingerprint density at radius 2 is 1.34 bits per heavy atom. The predicted octanol–water partition coefficient (Wildman–Crippen LogP) is 0.928. The minimum Gasteiger partial charge on any atom is -0.393 e. The highest BCUT2D eigenvalue weighted by Gasteiger charge is 2.71. The van der Waals surface area contributed by atoms with Gasteiger partial charge < -0.3 is 79.2 Å². The average molecular weight is 917 g/mol. The van der Waals surface area contributed by atoms with Gasteiger partial charge in [0, 0.05) is 5.41 Å². The Kier molecular flexibility index (Phi) is 14.7. The van der Waals surface area contributed by atoms with E-state index in [0.717, 1.165) is 38.5 Å². The largest absolute Gasteiger partial charge is 0.393 e. The molecule has 3 heterocycles. The van der Waals surface area contributed by atoms with Gasteiger partial charge in [-0.3, -0.25) is 5.26 Å². The fraction of sp³-hybridized carbons (Fsp3) is 0.935. The lowest BCUT2D eigenvalue weighted by Crippen LogP contribution is -2.67. The maximum atomic E-state index is 13.9. The van der Waals surface area contributed by atoms with Crippen molar-refractivity contribution in [1.82, 2.24) is 0 Å². The molecule has 0 aromatic rings. The van der Waals surface area contributed by atoms with E-state index in [-0.39, 0.29) is 54.1 Å². The van der Waals surface area contributed by atoms with Gasteiger partial charge in [0.15, 0.2) is 18.9 Å². The Balaban J connectivity index is 1.13. The summed E-state index contributed by atoms with van der Waals surface area (Å²) >= 11 is 0. The third-order valence-electron chi connectivity index (χ3n) is 17.9. The highest BCUT2D eigenvalue weighted by Crippen LogP contribution is 2.75. The van der Waals surface area contributed by atoms with Crippen LogP contribution in [0.5, 0.6) is 0 Å². The van der Waals surface area contributed by atoms with Gasteiger partial charge in [-0.15, -0.1) is 0 Å². The second-order valence-electron chi connectivity index (χ2n) is 22.0. The minimum atomic E-state index is -1.74. The number of hydrogen-bond donors (Lipinski definition) is 10. The van der Waals surface area contributed by atoms with Gasteiger partial charge in [0.05, 0.1) is 37.6 Å². The summed E-state index contributed by atoms with van der Waals surface area (Å²) in [4.78, 5) is 18.5. The van der Waals surface area contributed by atoms with E-state index in [1.165, 1.54) is 13.2 Å². The van der Waals surface area contributed by atoms with Crippen molar-refractivity contribution in [1.29, 1.82) is 0 Å². The third-order valence-corrected chi connectivity index (χ3v) is 17.9. The summed E-state index contributed by atoms with van der Waals surface area (Å²) < 4.78 is 36.7. The second kappa shape index (κ2) is 18.6. The van der Waals surface area contributed by atoms with Gasteiger partial charge in [0.25, 0.3) is 0 Å². The Bertz CT molecular complexity index is 1650. The van der Waals surface area contributed by atoms with E-state index in [1.807, 2.05) is 0 Å². The third kappa shape index (κ3) is 8.49. The topological polar surface area (TPSA) is 284 Å². The predicted molar refractivity (Wildman–Crippen MR) is 223 cm³/mol. The van der Waals surface area contributed by atoms with E-state index in [4.69, 9.17) is 28.4 Å². The number of aliphatic hydroxyl groups excluding tert-OH is 8. The van der Waals surface area contributed by atoms with E-state index >= 15 is 0 Å². The van der Waals surface area contributed by atoms with Crippen LogP contribution in [0.2, 0.25) is 0 Å². The molecule has 0 aromatic carbocycles. The van der Waals surface area contributed by atoms with Crippen LogP contribution in [-0.2, 0) is 38.1 Å². The highest BCUT2D eigenvalue weighted by molar-refractivity contribution is 5.62. The molecule has 18 heteroatoms.